The fraction of sp³-hybridized carbons (Fsp3) is 0.348. The van der Waals surface area contributed by atoms with Gasteiger partial charge < -0.3 is 29.5 Å². The summed E-state index contributed by atoms with van der Waals surface area (Å²) in [5.41, 5.74) is -1.05. The molecule has 0 saturated carbocycles. The van der Waals surface area contributed by atoms with E-state index in [0.29, 0.717) is 11.3 Å². The van der Waals surface area contributed by atoms with Crippen molar-refractivity contribution in [1.29, 1.82) is 0 Å². The number of hydrogen-bond acceptors (Lipinski definition) is 9. The molecule has 1 aromatic carbocycles. The van der Waals surface area contributed by atoms with Crippen molar-refractivity contribution in [2.24, 2.45) is 0 Å². The first-order chi connectivity index (χ1) is 15.0. The molecule has 32 heavy (non-hydrogen) atoms. The molecule has 0 radical (unpaired) electrons. The van der Waals surface area contributed by atoms with Gasteiger partial charge in [0, 0.05) is 25.0 Å². The minimum atomic E-state index is -1.99. The van der Waals surface area contributed by atoms with E-state index in [4.69, 9.17) is 14.2 Å². The highest BCUT2D eigenvalue weighted by Crippen LogP contribution is 2.37. The number of esters is 2. The zero-order chi connectivity index (χ0) is 23.6. The maximum atomic E-state index is 12.9. The zero-order valence-electron chi connectivity index (χ0n) is 17.9. The Morgan fingerprint density at radius 3 is 2.69 bits per heavy atom. The first-order valence-electron chi connectivity index (χ1n) is 9.87. The van der Waals surface area contributed by atoms with Crippen LogP contribution >= 0.6 is 0 Å². The van der Waals surface area contributed by atoms with Gasteiger partial charge in [0.2, 0.25) is 0 Å². The van der Waals surface area contributed by atoms with Crippen LogP contribution in [-0.4, -0.2) is 58.0 Å². The van der Waals surface area contributed by atoms with Crippen LogP contribution in [0.3, 0.4) is 0 Å². The second-order valence-electron chi connectivity index (χ2n) is 7.78. The van der Waals surface area contributed by atoms with Crippen molar-refractivity contribution in [2.45, 2.75) is 38.9 Å². The van der Waals surface area contributed by atoms with Crippen LogP contribution in [-0.2, 0) is 23.8 Å². The Morgan fingerprint density at radius 2 is 2.03 bits per heavy atom. The summed E-state index contributed by atoms with van der Waals surface area (Å²) >= 11 is 0. The highest BCUT2D eigenvalue weighted by Gasteiger charge is 2.48. The Labute approximate surface area is 184 Å². The number of ketones is 1. The number of aromatic hydroxyl groups is 2. The quantitative estimate of drug-likeness (QED) is 0.582. The number of carbonyl (C=O) groups is 3. The molecule has 0 bridgehead atoms. The Morgan fingerprint density at radius 1 is 1.31 bits per heavy atom. The van der Waals surface area contributed by atoms with E-state index in [1.54, 1.807) is 18.2 Å². The summed E-state index contributed by atoms with van der Waals surface area (Å²) in [7, 11) is 0. The standard InChI is InChI=1S/C23H24O9/c1-12-7-15(25)10-18(26)20(12)22(28)32-19-9-14-8-16(5-4-6-30-13(2)24)31-11-17(14)21(27)23(19,3)29/h4-5,7-8,10,19,25-26,29H,6,9,11H2,1-3H3/b5-4+/t19-,23-/m1/s1. The molecular weight excluding hydrogens is 420 g/mol. The average Bonchev–Trinajstić information content (AvgIpc) is 2.68. The molecule has 0 aromatic heterocycles. The number of aliphatic hydroxyl groups is 1. The van der Waals surface area contributed by atoms with E-state index in [2.05, 4.69) is 0 Å². The summed E-state index contributed by atoms with van der Waals surface area (Å²) in [5, 5.41) is 30.4. The van der Waals surface area contributed by atoms with Crippen LogP contribution in [0.1, 0.15) is 36.2 Å². The van der Waals surface area contributed by atoms with Crippen LogP contribution < -0.4 is 0 Å². The van der Waals surface area contributed by atoms with E-state index in [-0.39, 0.29) is 42.1 Å². The molecule has 0 saturated heterocycles. The third-order valence-corrected chi connectivity index (χ3v) is 5.27. The van der Waals surface area contributed by atoms with Crippen LogP contribution in [0.15, 0.2) is 47.3 Å². The SMILES string of the molecule is CC(=O)OC/C=C/C1=CC2=C(CO1)C(=O)[C@](C)(O)[C@H](OC(=O)c1c(C)cc(O)cc1O)C2. The lowest BCUT2D eigenvalue weighted by Gasteiger charge is -2.38. The summed E-state index contributed by atoms with van der Waals surface area (Å²) < 4.78 is 15.8. The Bertz CT molecular complexity index is 1040. The summed E-state index contributed by atoms with van der Waals surface area (Å²) in [6.07, 6.45) is 3.59. The molecule has 2 aliphatic rings. The molecule has 9 nitrogen and oxygen atoms in total. The molecule has 1 heterocycles. The second-order valence-corrected chi connectivity index (χ2v) is 7.78. The third kappa shape index (κ3) is 4.67. The van der Waals surface area contributed by atoms with Crippen molar-refractivity contribution in [3.63, 3.8) is 0 Å². The maximum Gasteiger partial charge on any atom is 0.342 e. The smallest absolute Gasteiger partial charge is 0.342 e. The number of hydrogen-bond donors (Lipinski definition) is 3. The van der Waals surface area contributed by atoms with Crippen LogP contribution in [0.2, 0.25) is 0 Å². The predicted molar refractivity (Wildman–Crippen MR) is 111 cm³/mol. The fourth-order valence-corrected chi connectivity index (χ4v) is 3.58. The van der Waals surface area contributed by atoms with Gasteiger partial charge in [-0.2, -0.15) is 0 Å². The van der Waals surface area contributed by atoms with E-state index >= 15 is 0 Å². The molecule has 2 atom stereocenters. The molecular formula is C23H24O9. The van der Waals surface area contributed by atoms with Crippen molar-refractivity contribution < 1.29 is 43.9 Å². The van der Waals surface area contributed by atoms with Gasteiger partial charge in [-0.3, -0.25) is 9.59 Å². The van der Waals surface area contributed by atoms with Crippen LogP contribution in [0.5, 0.6) is 11.5 Å². The molecule has 170 valence electrons. The Kier molecular flexibility index (Phi) is 6.40. The van der Waals surface area contributed by atoms with Gasteiger partial charge in [-0.25, -0.2) is 4.79 Å². The van der Waals surface area contributed by atoms with Crippen LogP contribution in [0.4, 0.5) is 0 Å². The fourth-order valence-electron chi connectivity index (χ4n) is 3.58. The average molecular weight is 444 g/mol. The third-order valence-electron chi connectivity index (χ3n) is 5.27. The number of phenols is 2. The van der Waals surface area contributed by atoms with Gasteiger partial charge in [-0.15, -0.1) is 0 Å². The van der Waals surface area contributed by atoms with Crippen molar-refractivity contribution in [3.8, 4) is 11.5 Å². The van der Waals surface area contributed by atoms with Crippen molar-refractivity contribution in [3.05, 3.63) is 58.4 Å². The van der Waals surface area contributed by atoms with Crippen molar-refractivity contribution in [2.75, 3.05) is 13.2 Å². The highest BCUT2D eigenvalue weighted by molar-refractivity contribution is 6.05. The summed E-state index contributed by atoms with van der Waals surface area (Å²) in [5.74, 6) is -2.24. The number of benzene rings is 1. The van der Waals surface area contributed by atoms with Crippen LogP contribution in [0, 0.1) is 6.92 Å². The summed E-state index contributed by atoms with van der Waals surface area (Å²) in [6.45, 7) is 4.06. The molecule has 0 amide bonds. The lowest BCUT2D eigenvalue weighted by Crippen LogP contribution is -2.53. The molecule has 3 N–H and O–H groups in total. The van der Waals surface area contributed by atoms with Gasteiger partial charge in [0.1, 0.15) is 42.1 Å². The molecule has 1 aliphatic heterocycles. The number of Topliss-reactive ketones (excluding diaryl/α,β-unsaturated/α-hetero) is 1. The molecule has 9 heteroatoms. The van der Waals surface area contributed by atoms with Gasteiger partial charge in [0.05, 0.1) is 0 Å². The molecule has 3 rings (SSSR count). The molecule has 0 unspecified atom stereocenters. The van der Waals surface area contributed by atoms with Crippen molar-refractivity contribution in [1.82, 2.24) is 0 Å². The monoisotopic (exact) mass is 444 g/mol. The Hall–Kier alpha value is -3.59. The minimum Gasteiger partial charge on any atom is -0.508 e. The van der Waals surface area contributed by atoms with Crippen molar-refractivity contribution >= 4 is 17.7 Å². The summed E-state index contributed by atoms with van der Waals surface area (Å²) in [4.78, 5) is 36.4. The van der Waals surface area contributed by atoms with E-state index in [0.717, 1.165) is 6.07 Å². The van der Waals surface area contributed by atoms with E-state index in [9.17, 15) is 29.7 Å². The van der Waals surface area contributed by atoms with Gasteiger partial charge in [0.25, 0.3) is 0 Å². The minimum absolute atomic E-state index is 0.0440. The topological polar surface area (TPSA) is 140 Å². The number of phenolic OH excluding ortho intramolecular Hbond substituents is 2. The van der Waals surface area contributed by atoms with Crippen LogP contribution in [0.25, 0.3) is 0 Å². The molecule has 1 aromatic rings. The van der Waals surface area contributed by atoms with E-state index < -0.39 is 35.2 Å². The number of ether oxygens (including phenoxy) is 3. The number of carbonyl (C=O) groups excluding carboxylic acids is 3. The number of allylic oxidation sites excluding steroid dienone is 2. The Balaban J connectivity index is 1.83. The highest BCUT2D eigenvalue weighted by atomic mass is 16.6. The lowest BCUT2D eigenvalue weighted by atomic mass is 9.77. The van der Waals surface area contributed by atoms with E-state index in [1.807, 2.05) is 0 Å². The van der Waals surface area contributed by atoms with E-state index in [1.165, 1.54) is 26.8 Å². The van der Waals surface area contributed by atoms with Gasteiger partial charge >= 0.3 is 11.9 Å². The zero-order valence-corrected chi connectivity index (χ0v) is 17.9. The molecule has 0 fully saturated rings. The maximum absolute atomic E-state index is 12.9. The number of rotatable bonds is 5. The van der Waals surface area contributed by atoms with Gasteiger partial charge in [0.15, 0.2) is 11.4 Å². The van der Waals surface area contributed by atoms with Gasteiger partial charge in [-0.1, -0.05) is 0 Å². The lowest BCUT2D eigenvalue weighted by molar-refractivity contribution is -0.146. The normalized spacial score (nSPS) is 22.8. The summed E-state index contributed by atoms with van der Waals surface area (Å²) in [6, 6.07) is 2.29. The second kappa shape index (κ2) is 8.88. The first kappa shape index (κ1) is 23.1. The van der Waals surface area contributed by atoms with Gasteiger partial charge in [-0.05, 0) is 49.3 Å². The first-order valence-corrected chi connectivity index (χ1v) is 9.87. The largest absolute Gasteiger partial charge is 0.508 e. The molecule has 0 spiro atoms. The predicted octanol–water partition coefficient (Wildman–Crippen LogP) is 1.99. The number of aryl methyl sites for hydroxylation is 1. The molecule has 1 aliphatic carbocycles.